The Labute approximate surface area is 294 Å². The Bertz CT molecular complexity index is 2330. The SMILES string of the molecule is CC(C)c1cccc(C(C)C)c1-c1ccc2c(c1)C(C)(C)c1c(ccc3cc(C=C4C(=O)c5ccccc5C4=O)ccc13)N2c1ccccc1. The van der Waals surface area contributed by atoms with Crippen molar-refractivity contribution in [2.24, 2.45) is 0 Å². The summed E-state index contributed by atoms with van der Waals surface area (Å²) in [4.78, 5) is 28.8. The maximum absolute atomic E-state index is 13.2. The second kappa shape index (κ2) is 11.8. The van der Waals surface area contributed by atoms with Crippen LogP contribution in [-0.2, 0) is 5.41 Å². The summed E-state index contributed by atoms with van der Waals surface area (Å²) in [7, 11) is 0. The number of para-hydroxylation sites is 1. The van der Waals surface area contributed by atoms with E-state index in [0.717, 1.165) is 27.7 Å². The van der Waals surface area contributed by atoms with Crippen molar-refractivity contribution in [2.75, 3.05) is 4.90 Å². The van der Waals surface area contributed by atoms with E-state index >= 15 is 0 Å². The zero-order chi connectivity index (χ0) is 34.9. The number of rotatable bonds is 5. The van der Waals surface area contributed by atoms with Crippen LogP contribution in [0.2, 0.25) is 0 Å². The smallest absolute Gasteiger partial charge is 0.197 e. The van der Waals surface area contributed by atoms with Gasteiger partial charge in [-0.2, -0.15) is 0 Å². The number of anilines is 3. The summed E-state index contributed by atoms with van der Waals surface area (Å²) in [6.45, 7) is 13.8. The predicted octanol–water partition coefficient (Wildman–Crippen LogP) is 12.3. The lowest BCUT2D eigenvalue weighted by Crippen LogP contribution is -2.31. The number of benzene rings is 6. The minimum atomic E-state index is -0.338. The Morgan fingerprint density at radius 3 is 1.88 bits per heavy atom. The minimum Gasteiger partial charge on any atom is -0.310 e. The van der Waals surface area contributed by atoms with E-state index in [1.54, 1.807) is 30.3 Å². The molecule has 0 amide bonds. The van der Waals surface area contributed by atoms with Crippen LogP contribution in [0.25, 0.3) is 28.0 Å². The highest BCUT2D eigenvalue weighted by molar-refractivity contribution is 6.41. The summed E-state index contributed by atoms with van der Waals surface area (Å²) in [5.74, 6) is 0.378. The molecule has 8 rings (SSSR count). The van der Waals surface area contributed by atoms with E-state index in [1.807, 2.05) is 6.07 Å². The topological polar surface area (TPSA) is 37.4 Å². The lowest BCUT2D eigenvalue weighted by atomic mass is 9.70. The van der Waals surface area contributed by atoms with Crippen molar-refractivity contribution in [3.05, 3.63) is 166 Å². The molecule has 0 fully saturated rings. The number of Topliss-reactive ketones (excluding diaryl/α,β-unsaturated/α-hetero) is 2. The zero-order valence-electron chi connectivity index (χ0n) is 29.5. The molecule has 0 unspecified atom stereocenters. The normalized spacial score (nSPS) is 14.7. The highest BCUT2D eigenvalue weighted by atomic mass is 16.2. The minimum absolute atomic E-state index is 0.206. The molecule has 0 aromatic heterocycles. The molecule has 3 nitrogen and oxygen atoms in total. The standard InChI is InChI=1S/C47H41NO2/c1-28(2)34-17-12-18-35(29(3)4)43(34)32-21-23-41-40(27-32)47(5,6)44-36-22-19-30(26-39-45(49)37-15-10-11-16-38(37)46(39)50)25-31(36)20-24-42(44)48(41)33-13-8-7-9-14-33/h7-29H,1-6H3. The molecule has 50 heavy (non-hydrogen) atoms. The molecule has 2 aliphatic rings. The van der Waals surface area contributed by atoms with E-state index in [4.69, 9.17) is 0 Å². The summed E-state index contributed by atoms with van der Waals surface area (Å²) in [5, 5.41) is 2.23. The molecule has 0 spiro atoms. The first kappa shape index (κ1) is 31.7. The van der Waals surface area contributed by atoms with Gasteiger partial charge in [-0.25, -0.2) is 0 Å². The van der Waals surface area contributed by atoms with E-state index in [2.05, 4.69) is 137 Å². The van der Waals surface area contributed by atoms with E-state index in [-0.39, 0.29) is 22.6 Å². The number of ketones is 2. The quantitative estimate of drug-likeness (QED) is 0.137. The van der Waals surface area contributed by atoms with Crippen LogP contribution in [0.5, 0.6) is 0 Å². The Balaban J connectivity index is 1.32. The van der Waals surface area contributed by atoms with Gasteiger partial charge in [-0.05, 0) is 104 Å². The molecule has 0 bridgehead atoms. The second-order valence-electron chi connectivity index (χ2n) is 14.9. The third-order valence-corrected chi connectivity index (χ3v) is 10.7. The predicted molar refractivity (Wildman–Crippen MR) is 207 cm³/mol. The number of allylic oxidation sites excluding steroid dienone is 1. The maximum atomic E-state index is 13.2. The van der Waals surface area contributed by atoms with Gasteiger partial charge in [-0.3, -0.25) is 9.59 Å². The summed E-state index contributed by atoms with van der Waals surface area (Å²) in [6.07, 6.45) is 1.75. The van der Waals surface area contributed by atoms with Crippen molar-refractivity contribution < 1.29 is 9.59 Å². The molecule has 246 valence electrons. The molecule has 6 aromatic carbocycles. The molecule has 1 aliphatic carbocycles. The van der Waals surface area contributed by atoms with E-state index in [9.17, 15) is 9.59 Å². The number of hydrogen-bond donors (Lipinski definition) is 0. The first-order chi connectivity index (χ1) is 24.1. The van der Waals surface area contributed by atoms with Gasteiger partial charge in [-0.1, -0.05) is 126 Å². The van der Waals surface area contributed by atoms with Crippen LogP contribution in [0.1, 0.15) is 102 Å². The van der Waals surface area contributed by atoms with E-state index < -0.39 is 0 Å². The molecule has 1 aliphatic heterocycles. The first-order valence-electron chi connectivity index (χ1n) is 17.7. The van der Waals surface area contributed by atoms with Crippen molar-refractivity contribution in [1.29, 1.82) is 0 Å². The van der Waals surface area contributed by atoms with Gasteiger partial charge in [0.15, 0.2) is 11.6 Å². The monoisotopic (exact) mass is 651 g/mol. The third-order valence-electron chi connectivity index (χ3n) is 10.7. The van der Waals surface area contributed by atoms with Gasteiger partial charge in [0.2, 0.25) is 0 Å². The zero-order valence-corrected chi connectivity index (χ0v) is 29.5. The molecule has 0 atom stereocenters. The van der Waals surface area contributed by atoms with Crippen molar-refractivity contribution in [1.82, 2.24) is 0 Å². The molecule has 6 aromatic rings. The summed E-state index contributed by atoms with van der Waals surface area (Å²) < 4.78 is 0. The first-order valence-corrected chi connectivity index (χ1v) is 17.7. The van der Waals surface area contributed by atoms with Gasteiger partial charge in [0, 0.05) is 22.2 Å². The summed E-state index contributed by atoms with van der Waals surface area (Å²) in [6, 6.07) is 42.3. The fourth-order valence-corrected chi connectivity index (χ4v) is 8.23. The van der Waals surface area contributed by atoms with Crippen LogP contribution >= 0.6 is 0 Å². The number of fused-ring (bicyclic) bond motifs is 5. The Morgan fingerprint density at radius 1 is 0.620 bits per heavy atom. The molecule has 0 N–H and O–H groups in total. The van der Waals surface area contributed by atoms with Gasteiger partial charge >= 0.3 is 0 Å². The summed E-state index contributed by atoms with van der Waals surface area (Å²) >= 11 is 0. The number of carbonyl (C=O) groups excluding carboxylic acids is 2. The molecule has 0 saturated carbocycles. The van der Waals surface area contributed by atoms with Crippen LogP contribution in [0, 0.1) is 0 Å². The van der Waals surface area contributed by atoms with Crippen LogP contribution in [0.3, 0.4) is 0 Å². The Morgan fingerprint density at radius 2 is 1.24 bits per heavy atom. The summed E-state index contributed by atoms with van der Waals surface area (Å²) in [5.41, 5.74) is 13.0. The molecular formula is C47H41NO2. The lowest BCUT2D eigenvalue weighted by molar-refractivity contribution is 0.0990. The molecule has 3 heteroatoms. The van der Waals surface area contributed by atoms with Gasteiger partial charge < -0.3 is 4.90 Å². The van der Waals surface area contributed by atoms with E-state index in [1.165, 1.54) is 39.1 Å². The fourth-order valence-electron chi connectivity index (χ4n) is 8.23. The highest BCUT2D eigenvalue weighted by Gasteiger charge is 2.39. The van der Waals surface area contributed by atoms with Crippen LogP contribution in [0.15, 0.2) is 127 Å². The third kappa shape index (κ3) is 4.87. The fraction of sp³-hybridized carbons (Fsp3) is 0.191. The average molecular weight is 652 g/mol. The van der Waals surface area contributed by atoms with Crippen LogP contribution in [-0.4, -0.2) is 11.6 Å². The van der Waals surface area contributed by atoms with Gasteiger partial charge in [0.05, 0.1) is 16.9 Å². The van der Waals surface area contributed by atoms with Gasteiger partial charge in [0.25, 0.3) is 0 Å². The number of carbonyl (C=O) groups is 2. The average Bonchev–Trinajstić information content (AvgIpc) is 3.36. The van der Waals surface area contributed by atoms with Crippen molar-refractivity contribution in [2.45, 2.75) is 58.8 Å². The van der Waals surface area contributed by atoms with Gasteiger partial charge in [0.1, 0.15) is 0 Å². The molecule has 0 radical (unpaired) electrons. The van der Waals surface area contributed by atoms with Crippen molar-refractivity contribution in [3.63, 3.8) is 0 Å². The second-order valence-corrected chi connectivity index (χ2v) is 14.9. The molecular weight excluding hydrogens is 611 g/mol. The Kier molecular flexibility index (Phi) is 7.49. The number of nitrogens with zero attached hydrogens (tertiary/aromatic N) is 1. The van der Waals surface area contributed by atoms with Crippen molar-refractivity contribution in [3.8, 4) is 11.1 Å². The van der Waals surface area contributed by atoms with Crippen LogP contribution < -0.4 is 4.90 Å². The van der Waals surface area contributed by atoms with E-state index in [0.29, 0.717) is 23.0 Å². The number of hydrogen-bond acceptors (Lipinski definition) is 3. The Hall–Kier alpha value is -5.54. The van der Waals surface area contributed by atoms with Gasteiger partial charge in [-0.15, -0.1) is 0 Å². The largest absolute Gasteiger partial charge is 0.310 e. The molecule has 0 saturated heterocycles. The maximum Gasteiger partial charge on any atom is 0.197 e. The molecule has 1 heterocycles. The van der Waals surface area contributed by atoms with Crippen LogP contribution in [0.4, 0.5) is 17.1 Å². The highest BCUT2D eigenvalue weighted by Crippen LogP contribution is 2.55. The van der Waals surface area contributed by atoms with Crippen molar-refractivity contribution >= 4 is 45.5 Å². The lowest BCUT2D eigenvalue weighted by Gasteiger charge is -2.43.